The van der Waals surface area contributed by atoms with Crippen LogP contribution in [0.1, 0.15) is 19.8 Å². The van der Waals surface area contributed by atoms with Crippen molar-refractivity contribution >= 4 is 16.6 Å². The smallest absolute Gasteiger partial charge is 0.272 e. The third kappa shape index (κ3) is 2.05. The van der Waals surface area contributed by atoms with Gasteiger partial charge in [0.2, 0.25) is 0 Å². The summed E-state index contributed by atoms with van der Waals surface area (Å²) in [6.07, 6.45) is 2.23. The Bertz CT molecular complexity index is 533. The van der Waals surface area contributed by atoms with E-state index in [1.807, 2.05) is 18.2 Å². The molecule has 1 aromatic heterocycles. The summed E-state index contributed by atoms with van der Waals surface area (Å²) in [5.41, 5.74) is -0.142. The predicted molar refractivity (Wildman–Crippen MR) is 65.8 cm³/mol. The highest BCUT2D eigenvalue weighted by Crippen LogP contribution is 2.16. The summed E-state index contributed by atoms with van der Waals surface area (Å²) in [7, 11) is 0. The average molecular weight is 217 g/mol. The van der Waals surface area contributed by atoms with Gasteiger partial charge >= 0.3 is 0 Å². The molecule has 4 heteroatoms. The second kappa shape index (κ2) is 4.79. The van der Waals surface area contributed by atoms with Crippen LogP contribution in [0.3, 0.4) is 0 Å². The van der Waals surface area contributed by atoms with Crippen molar-refractivity contribution in [1.82, 2.24) is 10.2 Å². The van der Waals surface area contributed by atoms with Gasteiger partial charge in [-0.05, 0) is 12.5 Å². The number of aromatic amines is 1. The maximum atomic E-state index is 11.5. The van der Waals surface area contributed by atoms with Crippen LogP contribution in [-0.4, -0.2) is 16.7 Å². The van der Waals surface area contributed by atoms with Crippen molar-refractivity contribution in [2.75, 3.05) is 11.9 Å². The first-order valence-electron chi connectivity index (χ1n) is 5.54. The summed E-state index contributed by atoms with van der Waals surface area (Å²) in [4.78, 5) is 11.5. The number of hydrogen-bond donors (Lipinski definition) is 2. The normalized spacial score (nSPS) is 10.6. The molecule has 84 valence electrons. The molecule has 0 atom stereocenters. The fourth-order valence-electron chi connectivity index (χ4n) is 1.63. The van der Waals surface area contributed by atoms with Crippen LogP contribution in [0.15, 0.2) is 29.1 Å². The van der Waals surface area contributed by atoms with Crippen LogP contribution in [0.5, 0.6) is 0 Å². The zero-order valence-electron chi connectivity index (χ0n) is 9.29. The van der Waals surface area contributed by atoms with Crippen LogP contribution in [-0.2, 0) is 0 Å². The molecule has 0 saturated heterocycles. The number of hydrogen-bond acceptors (Lipinski definition) is 3. The van der Waals surface area contributed by atoms with Gasteiger partial charge in [0.1, 0.15) is 0 Å². The molecule has 1 aromatic carbocycles. The Morgan fingerprint density at radius 1 is 1.31 bits per heavy atom. The SMILES string of the molecule is CCCCNc1n[nH]c(=O)c2ccccc12. The molecule has 0 spiro atoms. The number of nitrogens with zero attached hydrogens (tertiary/aromatic N) is 1. The summed E-state index contributed by atoms with van der Waals surface area (Å²) in [5.74, 6) is 0.753. The van der Waals surface area contributed by atoms with Gasteiger partial charge < -0.3 is 5.32 Å². The minimum Gasteiger partial charge on any atom is -0.368 e. The molecule has 0 aliphatic carbocycles. The van der Waals surface area contributed by atoms with E-state index >= 15 is 0 Å². The Labute approximate surface area is 93.7 Å². The second-order valence-corrected chi connectivity index (χ2v) is 3.73. The van der Waals surface area contributed by atoms with E-state index in [0.717, 1.165) is 30.6 Å². The molecule has 0 fully saturated rings. The van der Waals surface area contributed by atoms with E-state index < -0.39 is 0 Å². The van der Waals surface area contributed by atoms with Crippen LogP contribution in [0, 0.1) is 0 Å². The van der Waals surface area contributed by atoms with E-state index in [0.29, 0.717) is 5.39 Å². The Morgan fingerprint density at radius 2 is 2.06 bits per heavy atom. The predicted octanol–water partition coefficient (Wildman–Crippen LogP) is 2.14. The van der Waals surface area contributed by atoms with Crippen LogP contribution in [0.2, 0.25) is 0 Å². The van der Waals surface area contributed by atoms with Gasteiger partial charge in [-0.1, -0.05) is 31.5 Å². The molecular weight excluding hydrogens is 202 g/mol. The van der Waals surface area contributed by atoms with E-state index in [-0.39, 0.29) is 5.56 Å². The Kier molecular flexibility index (Phi) is 3.19. The molecule has 2 N–H and O–H groups in total. The van der Waals surface area contributed by atoms with Crippen molar-refractivity contribution in [2.45, 2.75) is 19.8 Å². The van der Waals surface area contributed by atoms with Gasteiger partial charge in [0.25, 0.3) is 5.56 Å². The summed E-state index contributed by atoms with van der Waals surface area (Å²) < 4.78 is 0. The van der Waals surface area contributed by atoms with E-state index in [1.54, 1.807) is 6.07 Å². The number of unbranched alkanes of at least 4 members (excludes halogenated alkanes) is 1. The summed E-state index contributed by atoms with van der Waals surface area (Å²) in [6, 6.07) is 7.48. The second-order valence-electron chi connectivity index (χ2n) is 3.73. The van der Waals surface area contributed by atoms with Gasteiger partial charge in [-0.15, -0.1) is 0 Å². The average Bonchev–Trinajstić information content (AvgIpc) is 2.33. The zero-order valence-corrected chi connectivity index (χ0v) is 9.29. The molecule has 0 amide bonds. The van der Waals surface area contributed by atoms with E-state index in [9.17, 15) is 4.79 Å². The summed E-state index contributed by atoms with van der Waals surface area (Å²) in [6.45, 7) is 3.01. The number of H-pyrrole nitrogens is 1. The first kappa shape index (κ1) is 10.7. The number of fused-ring (bicyclic) bond motifs is 1. The fourth-order valence-corrected chi connectivity index (χ4v) is 1.63. The minimum absolute atomic E-state index is 0.142. The zero-order chi connectivity index (χ0) is 11.4. The molecule has 0 saturated carbocycles. The van der Waals surface area contributed by atoms with Crippen molar-refractivity contribution in [2.24, 2.45) is 0 Å². The van der Waals surface area contributed by atoms with Gasteiger partial charge in [0.05, 0.1) is 5.39 Å². The fraction of sp³-hybridized carbons (Fsp3) is 0.333. The molecule has 0 radical (unpaired) electrons. The molecule has 1 heterocycles. The molecule has 16 heavy (non-hydrogen) atoms. The third-order valence-corrected chi connectivity index (χ3v) is 2.52. The molecule has 0 aliphatic heterocycles. The van der Waals surface area contributed by atoms with Crippen molar-refractivity contribution in [3.05, 3.63) is 34.6 Å². The van der Waals surface area contributed by atoms with Crippen molar-refractivity contribution in [3.8, 4) is 0 Å². The molecule has 2 aromatic rings. The third-order valence-electron chi connectivity index (χ3n) is 2.52. The Balaban J connectivity index is 2.38. The standard InChI is InChI=1S/C12H15N3O/c1-2-3-8-13-11-9-6-4-5-7-10(9)12(16)15-14-11/h4-7H,2-3,8H2,1H3,(H,13,14)(H,15,16). The highest BCUT2D eigenvalue weighted by Gasteiger charge is 2.04. The molecular formula is C12H15N3O. The van der Waals surface area contributed by atoms with E-state index in [4.69, 9.17) is 0 Å². The summed E-state index contributed by atoms with van der Waals surface area (Å²) in [5, 5.41) is 11.3. The maximum Gasteiger partial charge on any atom is 0.272 e. The molecule has 0 bridgehead atoms. The van der Waals surface area contributed by atoms with Gasteiger partial charge in [-0.3, -0.25) is 4.79 Å². The van der Waals surface area contributed by atoms with Crippen LogP contribution >= 0.6 is 0 Å². The van der Waals surface area contributed by atoms with Crippen LogP contribution < -0.4 is 10.9 Å². The molecule has 0 aliphatic rings. The number of anilines is 1. The lowest BCUT2D eigenvalue weighted by Gasteiger charge is -2.06. The van der Waals surface area contributed by atoms with Crippen LogP contribution in [0.4, 0.5) is 5.82 Å². The largest absolute Gasteiger partial charge is 0.368 e. The highest BCUT2D eigenvalue weighted by atomic mass is 16.1. The first-order chi connectivity index (χ1) is 7.83. The topological polar surface area (TPSA) is 57.8 Å². The van der Waals surface area contributed by atoms with Gasteiger partial charge in [0.15, 0.2) is 5.82 Å². The van der Waals surface area contributed by atoms with Crippen molar-refractivity contribution in [3.63, 3.8) is 0 Å². The monoisotopic (exact) mass is 217 g/mol. The van der Waals surface area contributed by atoms with Gasteiger partial charge in [-0.2, -0.15) is 5.10 Å². The van der Waals surface area contributed by atoms with Crippen molar-refractivity contribution in [1.29, 1.82) is 0 Å². The Hall–Kier alpha value is -1.84. The molecule has 4 nitrogen and oxygen atoms in total. The van der Waals surface area contributed by atoms with E-state index in [1.165, 1.54) is 0 Å². The maximum absolute atomic E-state index is 11.5. The number of nitrogens with one attached hydrogen (secondary N) is 2. The number of aromatic nitrogens is 2. The van der Waals surface area contributed by atoms with Gasteiger partial charge in [-0.25, -0.2) is 5.10 Å². The van der Waals surface area contributed by atoms with Crippen molar-refractivity contribution < 1.29 is 0 Å². The van der Waals surface area contributed by atoms with Crippen LogP contribution in [0.25, 0.3) is 10.8 Å². The lowest BCUT2D eigenvalue weighted by Crippen LogP contribution is -2.12. The highest BCUT2D eigenvalue weighted by molar-refractivity contribution is 5.90. The molecule has 2 rings (SSSR count). The van der Waals surface area contributed by atoms with Gasteiger partial charge in [0, 0.05) is 11.9 Å². The number of rotatable bonds is 4. The lowest BCUT2D eigenvalue weighted by atomic mass is 10.2. The quantitative estimate of drug-likeness (QED) is 0.771. The summed E-state index contributed by atoms with van der Waals surface area (Å²) >= 11 is 0. The minimum atomic E-state index is -0.142. The first-order valence-corrected chi connectivity index (χ1v) is 5.54. The number of benzene rings is 1. The lowest BCUT2D eigenvalue weighted by molar-refractivity contribution is 0.827. The Morgan fingerprint density at radius 3 is 2.81 bits per heavy atom. The molecule has 0 unspecified atom stereocenters. The van der Waals surface area contributed by atoms with E-state index in [2.05, 4.69) is 22.4 Å².